The minimum Gasteiger partial charge on any atom is -0.377 e. The summed E-state index contributed by atoms with van der Waals surface area (Å²) in [6.07, 6.45) is 5.72. The van der Waals surface area contributed by atoms with Crippen molar-refractivity contribution in [1.29, 1.82) is 0 Å². The molecule has 0 saturated carbocycles. The molecule has 0 spiro atoms. The summed E-state index contributed by atoms with van der Waals surface area (Å²) in [6.45, 7) is 5.34. The summed E-state index contributed by atoms with van der Waals surface area (Å²) >= 11 is 0. The molecule has 0 radical (unpaired) electrons. The Hall–Kier alpha value is -9.24. The van der Waals surface area contributed by atoms with Crippen LogP contribution in [0.5, 0.6) is 0 Å². The van der Waals surface area contributed by atoms with Gasteiger partial charge in [0.1, 0.15) is 30.4 Å². The minimum atomic E-state index is -1.06. The first kappa shape index (κ1) is 70.2. The third kappa shape index (κ3) is 22.9. The van der Waals surface area contributed by atoms with Crippen LogP contribution in [0.15, 0.2) is 115 Å². The number of nitrogens with zero attached hydrogens (tertiary/aromatic N) is 5. The number of hydrogen-bond donors (Lipinski definition) is 9. The molecule has 492 valence electrons. The van der Waals surface area contributed by atoms with Crippen LogP contribution in [-0.4, -0.2) is 174 Å². The minimum absolute atomic E-state index is 0.0310. The topological polar surface area (TPSA) is 363 Å². The Morgan fingerprint density at radius 3 is 1.98 bits per heavy atom. The Labute approximate surface area is 535 Å². The van der Waals surface area contributed by atoms with Crippen molar-refractivity contribution < 1.29 is 57.4 Å². The summed E-state index contributed by atoms with van der Waals surface area (Å²) in [5.41, 5.74) is 16.8. The predicted molar refractivity (Wildman–Crippen MR) is 341 cm³/mol. The normalized spacial score (nSPS) is 14.4. The van der Waals surface area contributed by atoms with Gasteiger partial charge in [0.25, 0.3) is 5.91 Å². The molecule has 1 aromatic heterocycles. The van der Waals surface area contributed by atoms with Gasteiger partial charge in [0.2, 0.25) is 53.2 Å². The fourth-order valence-electron chi connectivity index (χ4n) is 10.3. The summed E-state index contributed by atoms with van der Waals surface area (Å²) in [6, 6.07) is 28.4. The van der Waals surface area contributed by atoms with Gasteiger partial charge in [-0.2, -0.15) is 0 Å². The van der Waals surface area contributed by atoms with E-state index >= 15 is 0 Å². The number of anilines is 1. The molecule has 2 saturated heterocycles. The zero-order valence-corrected chi connectivity index (χ0v) is 52.3. The van der Waals surface area contributed by atoms with Crippen molar-refractivity contribution in [3.63, 3.8) is 0 Å². The van der Waals surface area contributed by atoms with Gasteiger partial charge < -0.3 is 63.1 Å². The number of hydrogen-bond acceptors (Lipinski definition) is 16. The zero-order valence-electron chi connectivity index (χ0n) is 52.3. The van der Waals surface area contributed by atoms with Crippen molar-refractivity contribution in [3.8, 4) is 5.69 Å². The molecule has 7 rings (SSSR count). The molecule has 10 amide bonds. The average molecular weight is 1270 g/mol. The molecule has 26 heteroatoms. The van der Waals surface area contributed by atoms with E-state index in [9.17, 15) is 47.9 Å². The second-order valence-corrected chi connectivity index (χ2v) is 23.2. The molecule has 2 aliphatic rings. The van der Waals surface area contributed by atoms with E-state index < -0.39 is 53.7 Å². The van der Waals surface area contributed by atoms with Crippen molar-refractivity contribution in [2.45, 2.75) is 115 Å². The molecular formula is C66H86N14O12. The molecule has 4 aromatic carbocycles. The van der Waals surface area contributed by atoms with E-state index in [-0.39, 0.29) is 126 Å². The first-order chi connectivity index (χ1) is 44.4. The van der Waals surface area contributed by atoms with E-state index in [4.69, 9.17) is 20.9 Å². The van der Waals surface area contributed by atoms with Crippen LogP contribution in [0.25, 0.3) is 5.69 Å². The summed E-state index contributed by atoms with van der Waals surface area (Å²) in [4.78, 5) is 133. The van der Waals surface area contributed by atoms with Gasteiger partial charge >= 0.3 is 0 Å². The molecule has 0 bridgehead atoms. The highest BCUT2D eigenvalue weighted by molar-refractivity contribution is 6.04. The van der Waals surface area contributed by atoms with E-state index in [1.54, 1.807) is 47.5 Å². The lowest BCUT2D eigenvalue weighted by Crippen LogP contribution is -2.59. The number of nitrogens with two attached hydrogens (primary N) is 2. The number of ether oxygens (including phenoxy) is 2. The van der Waals surface area contributed by atoms with Crippen molar-refractivity contribution in [1.82, 2.24) is 56.7 Å². The van der Waals surface area contributed by atoms with Crippen molar-refractivity contribution >= 4 is 64.8 Å². The van der Waals surface area contributed by atoms with Gasteiger partial charge in [-0.15, -0.1) is 5.10 Å². The maximum atomic E-state index is 14.2. The molecule has 0 unspecified atom stereocenters. The van der Waals surface area contributed by atoms with Crippen molar-refractivity contribution in [2.75, 3.05) is 71.0 Å². The number of amides is 10. The van der Waals surface area contributed by atoms with Crippen LogP contribution in [0.3, 0.4) is 0 Å². The quantitative estimate of drug-likeness (QED) is 0.0204. The van der Waals surface area contributed by atoms with Crippen LogP contribution >= 0.6 is 0 Å². The number of benzene rings is 4. The smallest absolute Gasteiger partial charge is 0.255 e. The Bertz CT molecular complexity index is 3250. The van der Waals surface area contributed by atoms with Crippen molar-refractivity contribution in [3.05, 3.63) is 143 Å². The Kier molecular flexibility index (Phi) is 27.9. The number of carbonyl (C=O) groups excluding carboxylic acids is 10. The van der Waals surface area contributed by atoms with E-state index in [2.05, 4.69) is 47.5 Å². The third-order valence-electron chi connectivity index (χ3n) is 15.6. The van der Waals surface area contributed by atoms with E-state index in [1.807, 2.05) is 86.6 Å². The number of carbonyl (C=O) groups is 10. The zero-order chi connectivity index (χ0) is 65.8. The Balaban J connectivity index is 0.745. The Morgan fingerprint density at radius 1 is 0.674 bits per heavy atom. The predicted octanol–water partition coefficient (Wildman–Crippen LogP) is 1.77. The molecule has 26 nitrogen and oxygen atoms in total. The maximum absolute atomic E-state index is 14.2. The van der Waals surface area contributed by atoms with E-state index in [1.165, 1.54) is 9.58 Å². The van der Waals surface area contributed by atoms with Gasteiger partial charge in [0, 0.05) is 62.6 Å². The average Bonchev–Trinajstić information content (AvgIpc) is 1.51. The van der Waals surface area contributed by atoms with Crippen LogP contribution in [0.1, 0.15) is 98.0 Å². The molecule has 2 fully saturated rings. The maximum Gasteiger partial charge on any atom is 0.255 e. The number of β-lactam (4-membered cyclic amide) rings is 1. The lowest BCUT2D eigenvalue weighted by atomic mass is 9.95. The van der Waals surface area contributed by atoms with Gasteiger partial charge in [0.15, 0.2) is 0 Å². The number of aromatic nitrogens is 3. The summed E-state index contributed by atoms with van der Waals surface area (Å²) in [7, 11) is 0. The van der Waals surface area contributed by atoms with E-state index in [0.29, 0.717) is 80.7 Å². The number of nitrogens with one attached hydrogen (secondary N) is 7. The second kappa shape index (κ2) is 36.6. The molecule has 92 heavy (non-hydrogen) atoms. The van der Waals surface area contributed by atoms with Crippen molar-refractivity contribution in [2.24, 2.45) is 23.3 Å². The van der Waals surface area contributed by atoms with Crippen LogP contribution in [0.2, 0.25) is 0 Å². The molecule has 11 N–H and O–H groups in total. The fourth-order valence-corrected chi connectivity index (χ4v) is 10.3. The molecule has 2 aliphatic heterocycles. The van der Waals surface area contributed by atoms with Gasteiger partial charge in [-0.1, -0.05) is 91.9 Å². The molecule has 0 aliphatic carbocycles. The summed E-state index contributed by atoms with van der Waals surface area (Å²) < 4.78 is 12.5. The number of aryl methyl sites for hydroxylation is 1. The molecule has 3 heterocycles. The number of piperidine rings is 1. The number of imide groups is 1. The van der Waals surface area contributed by atoms with E-state index in [0.717, 1.165) is 16.7 Å². The van der Waals surface area contributed by atoms with Gasteiger partial charge in [0.05, 0.1) is 50.8 Å². The summed E-state index contributed by atoms with van der Waals surface area (Å²) in [5.74, 6) is -4.09. The molecule has 4 atom stereocenters. The third-order valence-corrected chi connectivity index (χ3v) is 15.6. The van der Waals surface area contributed by atoms with Crippen LogP contribution in [0, 0.1) is 11.8 Å². The number of unbranched alkanes of at least 4 members (excludes halogenated alkanes) is 1. The monoisotopic (exact) mass is 1270 g/mol. The Morgan fingerprint density at radius 2 is 1.33 bits per heavy atom. The first-order valence-electron chi connectivity index (χ1n) is 31.4. The highest BCUT2D eigenvalue weighted by Crippen LogP contribution is 2.21. The molecular weight excluding hydrogens is 1180 g/mol. The summed E-state index contributed by atoms with van der Waals surface area (Å²) in [5, 5.41) is 27.8. The van der Waals surface area contributed by atoms with Gasteiger partial charge in [-0.3, -0.25) is 52.8 Å². The largest absolute Gasteiger partial charge is 0.377 e. The number of rotatable bonds is 36. The fraction of sp³-hybridized carbons (Fsp3) is 0.455. The molecule has 5 aromatic rings. The van der Waals surface area contributed by atoms with Gasteiger partial charge in [-0.25, -0.2) is 4.68 Å². The van der Waals surface area contributed by atoms with Crippen LogP contribution in [0.4, 0.5) is 5.69 Å². The lowest BCUT2D eigenvalue weighted by molar-refractivity contribution is -0.152. The highest BCUT2D eigenvalue weighted by Gasteiger charge is 2.35. The first-order valence-corrected chi connectivity index (χ1v) is 31.4. The van der Waals surface area contributed by atoms with Crippen LogP contribution in [-0.2, 0) is 78.4 Å². The van der Waals surface area contributed by atoms with Gasteiger partial charge in [-0.05, 0) is 117 Å². The second-order valence-electron chi connectivity index (χ2n) is 23.2. The number of likely N-dealkylation sites (tertiary alicyclic amines) is 2. The SMILES string of the molecule is CC(C)C[C@@H](NC(=O)[C@@H](Cc1ccccc1)NC(=O)[C@H](N)Cc1ccccc1)C(=O)N[C@H](CCCCN)C(=O)N1CCC(C(=O)NCCOCCOCC(=O)NCC(=O)NCc2cn(-c3ccc(C(=O)Nc4ccc(CCC(=O)N5CCC5=O)cc4)cc3)nn2)CC1. The lowest BCUT2D eigenvalue weighted by Gasteiger charge is -2.34. The van der Waals surface area contributed by atoms with Crippen LogP contribution < -0.4 is 48.7 Å². The highest BCUT2D eigenvalue weighted by atomic mass is 16.5. The standard InChI is InChI=1S/C66H86N14O12/c1-44(2)37-55(75-65(89)56(39-47-13-7-4-8-14-47)74-63(87)53(68)38-46-11-5-3-6-12-46)64(88)73-54(15-9-10-29-67)66(90)78-31-26-49(27-32-78)61(85)69-30-34-91-35-36-92-43-58(82)71-41-57(81)70-40-51-42-80(77-76-51)52-23-19-48(20-24-52)62(86)72-50-21-16-45(17-22-50)18-25-59(83)79-33-28-60(79)84/h3-8,11-14,16-17,19-24,42,44,49,53-56H,9-10,15,18,25-41,43,67-68H2,1-2H3,(H,69,85)(H,70,81)(H,71,82)(H,72,86)(H,73,88)(H,74,87)(H,75,89)/t53-,54-,55-,56-/m1/s1.